The van der Waals surface area contributed by atoms with E-state index in [4.69, 9.17) is 0 Å². The monoisotopic (exact) mass is 291 g/mol. The zero-order valence-corrected chi connectivity index (χ0v) is 9.02. The van der Waals surface area contributed by atoms with Crippen molar-refractivity contribution in [3.05, 3.63) is 0 Å². The molecule has 0 spiro atoms. The van der Waals surface area contributed by atoms with Crippen LogP contribution in [0.1, 0.15) is 19.8 Å². The van der Waals surface area contributed by atoms with Gasteiger partial charge in [-0.15, -0.1) is 0 Å². The molecule has 0 unspecified atom stereocenters. The Morgan fingerprint density at radius 2 is 1.22 bits per heavy atom. The minimum atomic E-state index is -6.83. The van der Waals surface area contributed by atoms with Crippen molar-refractivity contribution in [1.29, 1.82) is 0 Å². The fourth-order valence-electron chi connectivity index (χ4n) is 0.908. The van der Waals surface area contributed by atoms with Crippen molar-refractivity contribution in [1.82, 2.24) is 5.32 Å². The van der Waals surface area contributed by atoms with E-state index in [1.807, 2.05) is 0 Å². The molecule has 10 heteroatoms. The van der Waals surface area contributed by atoms with Crippen molar-refractivity contribution < 1.29 is 39.5 Å². The standard InChI is InChI=1S/C8H10F9N/c1-2-3-4-18-8(16,17)6(11,12)5(9,10)7(13,14)15/h18H,2-4H2,1H3. The third kappa shape index (κ3) is 3.01. The Balaban J connectivity index is 5.11. The second-order valence-corrected chi connectivity index (χ2v) is 3.50. The summed E-state index contributed by atoms with van der Waals surface area (Å²) in [5.41, 5.74) is 0. The van der Waals surface area contributed by atoms with Crippen molar-refractivity contribution >= 4 is 0 Å². The maximum absolute atomic E-state index is 12.7. The van der Waals surface area contributed by atoms with E-state index in [9.17, 15) is 39.5 Å². The summed E-state index contributed by atoms with van der Waals surface area (Å²) >= 11 is 0. The number of rotatable bonds is 6. The Kier molecular flexibility index (Phi) is 4.95. The normalized spacial score (nSPS) is 15.0. The fraction of sp³-hybridized carbons (Fsp3) is 1.00. The first-order chi connectivity index (χ1) is 7.81. The van der Waals surface area contributed by atoms with Gasteiger partial charge in [0.15, 0.2) is 0 Å². The summed E-state index contributed by atoms with van der Waals surface area (Å²) in [5, 5.41) is 0.715. The van der Waals surface area contributed by atoms with Gasteiger partial charge >= 0.3 is 24.1 Å². The highest BCUT2D eigenvalue weighted by Crippen LogP contribution is 2.52. The average molecular weight is 291 g/mol. The largest absolute Gasteiger partial charge is 0.460 e. The van der Waals surface area contributed by atoms with Crippen LogP contribution in [-0.2, 0) is 0 Å². The molecule has 18 heavy (non-hydrogen) atoms. The van der Waals surface area contributed by atoms with Gasteiger partial charge in [0, 0.05) is 6.54 Å². The van der Waals surface area contributed by atoms with Crippen molar-refractivity contribution in [2.45, 2.75) is 43.8 Å². The predicted molar refractivity (Wildman–Crippen MR) is 43.8 cm³/mol. The third-order valence-electron chi connectivity index (χ3n) is 2.02. The van der Waals surface area contributed by atoms with Crippen LogP contribution in [0.25, 0.3) is 0 Å². The van der Waals surface area contributed by atoms with Crippen LogP contribution in [0.2, 0.25) is 0 Å². The van der Waals surface area contributed by atoms with Crippen molar-refractivity contribution in [3.63, 3.8) is 0 Å². The molecule has 0 saturated carbocycles. The highest BCUT2D eigenvalue weighted by atomic mass is 19.4. The molecule has 0 rings (SSSR count). The topological polar surface area (TPSA) is 12.0 Å². The Morgan fingerprint density at radius 1 is 0.778 bits per heavy atom. The molecule has 0 bridgehead atoms. The van der Waals surface area contributed by atoms with Gasteiger partial charge in [-0.2, -0.15) is 39.5 Å². The molecule has 1 N–H and O–H groups in total. The molecule has 0 aliphatic heterocycles. The van der Waals surface area contributed by atoms with Crippen LogP contribution in [0.15, 0.2) is 0 Å². The van der Waals surface area contributed by atoms with Crippen LogP contribution < -0.4 is 5.32 Å². The summed E-state index contributed by atoms with van der Waals surface area (Å²) in [6.45, 7) is 0.676. The molecule has 0 aliphatic rings. The van der Waals surface area contributed by atoms with Gasteiger partial charge in [-0.1, -0.05) is 13.3 Å². The number of unbranched alkanes of at least 4 members (excludes halogenated alkanes) is 1. The maximum atomic E-state index is 12.7. The van der Waals surface area contributed by atoms with Crippen LogP contribution >= 0.6 is 0 Å². The van der Waals surface area contributed by atoms with Crippen molar-refractivity contribution in [3.8, 4) is 0 Å². The first-order valence-corrected chi connectivity index (χ1v) is 4.76. The molecular formula is C8H10F9N. The van der Waals surface area contributed by atoms with E-state index < -0.39 is 30.6 Å². The van der Waals surface area contributed by atoms with Crippen LogP contribution in [0.4, 0.5) is 39.5 Å². The minimum Gasteiger partial charge on any atom is -0.253 e. The van der Waals surface area contributed by atoms with Gasteiger partial charge < -0.3 is 0 Å². The Morgan fingerprint density at radius 3 is 1.56 bits per heavy atom. The van der Waals surface area contributed by atoms with Crippen LogP contribution in [0.3, 0.4) is 0 Å². The number of alkyl halides is 9. The van der Waals surface area contributed by atoms with E-state index in [1.165, 1.54) is 6.92 Å². The van der Waals surface area contributed by atoms with E-state index >= 15 is 0 Å². The molecular weight excluding hydrogens is 281 g/mol. The second kappa shape index (κ2) is 5.14. The molecule has 110 valence electrons. The lowest BCUT2D eigenvalue weighted by Gasteiger charge is -2.33. The summed E-state index contributed by atoms with van der Waals surface area (Å²) < 4.78 is 110. The molecule has 1 nitrogen and oxygen atoms in total. The van der Waals surface area contributed by atoms with E-state index in [2.05, 4.69) is 0 Å². The lowest BCUT2D eigenvalue weighted by Crippen LogP contribution is -2.65. The first kappa shape index (κ1) is 17.3. The zero-order chi connectivity index (χ0) is 14.8. The number of nitrogens with one attached hydrogen (secondary N) is 1. The highest BCUT2D eigenvalue weighted by Gasteiger charge is 2.81. The van der Waals surface area contributed by atoms with Gasteiger partial charge in [-0.3, -0.25) is 5.32 Å². The number of halogens is 9. The van der Waals surface area contributed by atoms with E-state index in [0.29, 0.717) is 5.32 Å². The zero-order valence-electron chi connectivity index (χ0n) is 9.02. The predicted octanol–water partition coefficient (Wildman–Crippen LogP) is 3.80. The lowest BCUT2D eigenvalue weighted by atomic mass is 10.1. The summed E-state index contributed by atoms with van der Waals surface area (Å²) in [4.78, 5) is 0. The molecule has 0 saturated heterocycles. The molecule has 0 radical (unpaired) electrons. The van der Waals surface area contributed by atoms with Gasteiger partial charge in [0.1, 0.15) is 0 Å². The van der Waals surface area contributed by atoms with Gasteiger partial charge in [0.05, 0.1) is 0 Å². The number of hydrogen-bond donors (Lipinski definition) is 1. The quantitative estimate of drug-likeness (QED) is 0.446. The SMILES string of the molecule is CCCCNC(F)(F)C(F)(F)C(F)(F)C(F)(F)F. The Bertz CT molecular complexity index is 270. The molecule has 0 amide bonds. The van der Waals surface area contributed by atoms with Gasteiger partial charge in [-0.25, -0.2) is 0 Å². The average Bonchev–Trinajstić information content (AvgIpc) is 2.15. The van der Waals surface area contributed by atoms with E-state index in [-0.39, 0.29) is 12.8 Å². The molecule has 0 fully saturated rings. The minimum absolute atomic E-state index is 0.0801. The Labute approximate surface area is 96.3 Å². The third-order valence-corrected chi connectivity index (χ3v) is 2.02. The fourth-order valence-corrected chi connectivity index (χ4v) is 0.908. The second-order valence-electron chi connectivity index (χ2n) is 3.50. The van der Waals surface area contributed by atoms with Crippen LogP contribution in [0.5, 0.6) is 0 Å². The molecule has 0 aromatic heterocycles. The van der Waals surface area contributed by atoms with Gasteiger partial charge in [0.25, 0.3) is 0 Å². The van der Waals surface area contributed by atoms with Crippen LogP contribution in [0, 0.1) is 0 Å². The van der Waals surface area contributed by atoms with Crippen molar-refractivity contribution in [2.75, 3.05) is 6.54 Å². The molecule has 0 aromatic rings. The molecule has 0 heterocycles. The molecule has 0 aromatic carbocycles. The van der Waals surface area contributed by atoms with E-state index in [0.717, 1.165) is 0 Å². The molecule has 0 atom stereocenters. The first-order valence-electron chi connectivity index (χ1n) is 4.76. The number of hydrogen-bond acceptors (Lipinski definition) is 1. The maximum Gasteiger partial charge on any atom is 0.460 e. The highest BCUT2D eigenvalue weighted by molar-refractivity contribution is 4.99. The van der Waals surface area contributed by atoms with Gasteiger partial charge in [0.2, 0.25) is 0 Å². The summed E-state index contributed by atoms with van der Waals surface area (Å²) in [5.74, 6) is -13.4. The summed E-state index contributed by atoms with van der Waals surface area (Å²) in [7, 11) is 0. The summed E-state index contributed by atoms with van der Waals surface area (Å²) in [6.07, 6.45) is -6.58. The molecule has 0 aliphatic carbocycles. The van der Waals surface area contributed by atoms with E-state index in [1.54, 1.807) is 0 Å². The van der Waals surface area contributed by atoms with Gasteiger partial charge in [-0.05, 0) is 6.42 Å². The Hall–Kier alpha value is -0.670. The lowest BCUT2D eigenvalue weighted by molar-refractivity contribution is -0.400. The van der Waals surface area contributed by atoms with Crippen molar-refractivity contribution in [2.24, 2.45) is 0 Å². The smallest absolute Gasteiger partial charge is 0.253 e. The summed E-state index contributed by atoms with van der Waals surface area (Å²) in [6, 6.07) is -5.67. The van der Waals surface area contributed by atoms with Crippen LogP contribution in [-0.4, -0.2) is 30.6 Å².